The molecule has 1 saturated heterocycles. The van der Waals surface area contributed by atoms with E-state index in [9.17, 15) is 4.79 Å². The Morgan fingerprint density at radius 1 is 1.82 bits per heavy atom. The van der Waals surface area contributed by atoms with Gasteiger partial charge in [-0.25, -0.2) is 5.48 Å². The minimum atomic E-state index is -0.339. The van der Waals surface area contributed by atoms with Crippen molar-refractivity contribution < 1.29 is 14.7 Å². The number of aliphatic hydroxyl groups excluding tert-OH is 1. The highest BCUT2D eigenvalue weighted by Crippen LogP contribution is 2.06. The smallest absolute Gasteiger partial charge is 0.250 e. The predicted octanol–water partition coefficient (Wildman–Crippen LogP) is -1.66. The van der Waals surface area contributed by atoms with E-state index in [4.69, 9.17) is 5.11 Å². The van der Waals surface area contributed by atoms with Crippen LogP contribution in [0.3, 0.4) is 0 Å². The molecule has 11 heavy (non-hydrogen) atoms. The quantitative estimate of drug-likeness (QED) is 0.485. The van der Waals surface area contributed by atoms with Crippen molar-refractivity contribution in [3.63, 3.8) is 0 Å². The maximum atomic E-state index is 11.0. The highest BCUT2D eigenvalue weighted by molar-refractivity contribution is 5.78. The van der Waals surface area contributed by atoms with Gasteiger partial charge in [0.25, 0.3) is 5.91 Å². The van der Waals surface area contributed by atoms with E-state index in [1.54, 1.807) is 11.9 Å². The summed E-state index contributed by atoms with van der Waals surface area (Å²) in [5.41, 5.74) is 2.40. The summed E-state index contributed by atoms with van der Waals surface area (Å²) in [6.45, 7) is 0.904. The van der Waals surface area contributed by atoms with Crippen molar-refractivity contribution in [2.75, 3.05) is 26.7 Å². The Morgan fingerprint density at radius 3 is 2.91 bits per heavy atom. The zero-order valence-electron chi connectivity index (χ0n) is 6.41. The number of hydrogen-bond donors (Lipinski definition) is 2. The first-order valence-corrected chi connectivity index (χ1v) is 3.48. The number of rotatable bonds is 3. The summed E-state index contributed by atoms with van der Waals surface area (Å²) in [6, 6.07) is 0. The first kappa shape index (κ1) is 8.45. The SMILES string of the molecule is CNOCC(=O)N1CC(O)C1. The van der Waals surface area contributed by atoms with Gasteiger partial charge < -0.3 is 10.0 Å². The Kier molecular flexibility index (Phi) is 2.81. The Morgan fingerprint density at radius 2 is 2.45 bits per heavy atom. The molecule has 0 aromatic carbocycles. The lowest BCUT2D eigenvalue weighted by atomic mass is 10.2. The van der Waals surface area contributed by atoms with E-state index in [2.05, 4.69) is 10.3 Å². The Hall–Kier alpha value is -0.650. The molecule has 0 aliphatic carbocycles. The zero-order chi connectivity index (χ0) is 8.27. The summed E-state index contributed by atoms with van der Waals surface area (Å²) in [4.78, 5) is 17.2. The van der Waals surface area contributed by atoms with Gasteiger partial charge in [0.1, 0.15) is 6.61 Å². The van der Waals surface area contributed by atoms with Crippen LogP contribution in [0.2, 0.25) is 0 Å². The number of carbonyl (C=O) groups excluding carboxylic acids is 1. The topological polar surface area (TPSA) is 61.8 Å². The van der Waals surface area contributed by atoms with E-state index < -0.39 is 0 Å². The molecule has 0 saturated carbocycles. The van der Waals surface area contributed by atoms with Crippen LogP contribution in [0.4, 0.5) is 0 Å². The number of amides is 1. The molecular weight excluding hydrogens is 148 g/mol. The predicted molar refractivity (Wildman–Crippen MR) is 37.6 cm³/mol. The molecule has 1 aliphatic heterocycles. The van der Waals surface area contributed by atoms with Crippen LogP contribution in [-0.2, 0) is 9.63 Å². The molecule has 0 aromatic heterocycles. The van der Waals surface area contributed by atoms with Crippen LogP contribution in [0, 0.1) is 0 Å². The number of hydrogen-bond acceptors (Lipinski definition) is 4. The van der Waals surface area contributed by atoms with Gasteiger partial charge in [0.2, 0.25) is 0 Å². The lowest BCUT2D eigenvalue weighted by Gasteiger charge is -2.35. The van der Waals surface area contributed by atoms with Gasteiger partial charge in [-0.05, 0) is 0 Å². The monoisotopic (exact) mass is 160 g/mol. The molecule has 0 atom stereocenters. The number of aliphatic hydroxyl groups is 1. The minimum Gasteiger partial charge on any atom is -0.389 e. The van der Waals surface area contributed by atoms with Crippen LogP contribution < -0.4 is 5.48 Å². The largest absolute Gasteiger partial charge is 0.389 e. The summed E-state index contributed by atoms with van der Waals surface area (Å²) >= 11 is 0. The van der Waals surface area contributed by atoms with E-state index in [1.807, 2.05) is 0 Å². The molecule has 64 valence electrons. The van der Waals surface area contributed by atoms with Crippen molar-refractivity contribution in [3.05, 3.63) is 0 Å². The lowest BCUT2D eigenvalue weighted by Crippen LogP contribution is -2.54. The number of β-amino-alcohol motifs (C(OH)–C–C–N with tert-alkyl or cyclic N) is 1. The van der Waals surface area contributed by atoms with Crippen LogP contribution in [0.5, 0.6) is 0 Å². The standard InChI is InChI=1S/C6H12N2O3/c1-7-11-4-6(10)8-2-5(9)3-8/h5,7,9H,2-4H2,1H3. The fourth-order valence-electron chi connectivity index (χ4n) is 0.884. The van der Waals surface area contributed by atoms with Crippen molar-refractivity contribution in [2.24, 2.45) is 0 Å². The third-order valence-corrected chi connectivity index (χ3v) is 1.55. The third-order valence-electron chi connectivity index (χ3n) is 1.55. The van der Waals surface area contributed by atoms with Gasteiger partial charge in [-0.2, -0.15) is 0 Å². The van der Waals surface area contributed by atoms with Gasteiger partial charge >= 0.3 is 0 Å². The molecule has 2 N–H and O–H groups in total. The van der Waals surface area contributed by atoms with Gasteiger partial charge in [0, 0.05) is 20.1 Å². The maximum absolute atomic E-state index is 11.0. The minimum absolute atomic E-state index is 0.0310. The fourth-order valence-corrected chi connectivity index (χ4v) is 0.884. The zero-order valence-corrected chi connectivity index (χ0v) is 6.41. The molecule has 0 radical (unpaired) electrons. The Labute approximate surface area is 64.9 Å². The van der Waals surface area contributed by atoms with Gasteiger partial charge in [-0.15, -0.1) is 0 Å². The van der Waals surface area contributed by atoms with Crippen LogP contribution >= 0.6 is 0 Å². The van der Waals surface area contributed by atoms with Gasteiger partial charge in [0.05, 0.1) is 6.10 Å². The third kappa shape index (κ3) is 2.14. The van der Waals surface area contributed by atoms with E-state index >= 15 is 0 Å². The molecule has 1 amide bonds. The molecule has 1 heterocycles. The van der Waals surface area contributed by atoms with E-state index in [1.165, 1.54) is 0 Å². The Balaban J connectivity index is 2.11. The first-order valence-electron chi connectivity index (χ1n) is 3.48. The maximum Gasteiger partial charge on any atom is 0.250 e. The van der Waals surface area contributed by atoms with Crippen molar-refractivity contribution in [1.82, 2.24) is 10.4 Å². The summed E-state index contributed by atoms with van der Waals surface area (Å²) in [6.07, 6.45) is -0.339. The van der Waals surface area contributed by atoms with Crippen LogP contribution in [0.25, 0.3) is 0 Å². The Bertz CT molecular complexity index is 145. The van der Waals surface area contributed by atoms with Crippen LogP contribution in [0.1, 0.15) is 0 Å². The van der Waals surface area contributed by atoms with Crippen molar-refractivity contribution >= 4 is 5.91 Å². The molecule has 0 spiro atoms. The van der Waals surface area contributed by atoms with Crippen molar-refractivity contribution in [1.29, 1.82) is 0 Å². The molecule has 1 fully saturated rings. The van der Waals surface area contributed by atoms with Gasteiger partial charge in [0.15, 0.2) is 0 Å². The number of hydroxylamine groups is 1. The van der Waals surface area contributed by atoms with Crippen molar-refractivity contribution in [2.45, 2.75) is 6.10 Å². The highest BCUT2D eigenvalue weighted by atomic mass is 16.6. The second kappa shape index (κ2) is 3.66. The summed E-state index contributed by atoms with van der Waals surface area (Å²) in [5.74, 6) is -0.0929. The summed E-state index contributed by atoms with van der Waals surface area (Å²) < 4.78 is 0. The van der Waals surface area contributed by atoms with Crippen molar-refractivity contribution in [3.8, 4) is 0 Å². The molecule has 1 aliphatic rings. The molecule has 1 rings (SSSR count). The fraction of sp³-hybridized carbons (Fsp3) is 0.833. The van der Waals surface area contributed by atoms with Gasteiger partial charge in [-0.1, -0.05) is 0 Å². The van der Waals surface area contributed by atoms with Crippen LogP contribution in [-0.4, -0.2) is 48.8 Å². The molecule has 0 unspecified atom stereocenters. The van der Waals surface area contributed by atoms with E-state index in [0.717, 1.165) is 0 Å². The molecule has 0 aromatic rings. The molecule has 5 nitrogen and oxygen atoms in total. The van der Waals surface area contributed by atoms with Crippen LogP contribution in [0.15, 0.2) is 0 Å². The number of nitrogens with zero attached hydrogens (tertiary/aromatic N) is 1. The normalized spacial score (nSPS) is 18.2. The average Bonchev–Trinajstić information content (AvgIpc) is 1.94. The second-order valence-corrected chi connectivity index (χ2v) is 2.45. The number of likely N-dealkylation sites (tertiary alicyclic amines) is 1. The van der Waals surface area contributed by atoms with E-state index in [-0.39, 0.29) is 18.6 Å². The number of nitrogens with one attached hydrogen (secondary N) is 1. The molecule has 5 heteroatoms. The number of carbonyl (C=O) groups is 1. The van der Waals surface area contributed by atoms with E-state index in [0.29, 0.717) is 13.1 Å². The van der Waals surface area contributed by atoms with Gasteiger partial charge in [-0.3, -0.25) is 9.63 Å². The average molecular weight is 160 g/mol. The lowest BCUT2D eigenvalue weighted by molar-refractivity contribution is -0.148. The highest BCUT2D eigenvalue weighted by Gasteiger charge is 2.28. The second-order valence-electron chi connectivity index (χ2n) is 2.45. The summed E-state index contributed by atoms with van der Waals surface area (Å²) in [7, 11) is 1.60. The molecule has 0 bridgehead atoms. The molecular formula is C6H12N2O3. The summed E-state index contributed by atoms with van der Waals surface area (Å²) in [5, 5.41) is 8.84. The first-order chi connectivity index (χ1) is 5.24.